The number of hydrogen-bond acceptors (Lipinski definition) is 6. The summed E-state index contributed by atoms with van der Waals surface area (Å²) >= 11 is 0. The van der Waals surface area contributed by atoms with E-state index in [1.807, 2.05) is 49.4 Å². The van der Waals surface area contributed by atoms with Gasteiger partial charge in [-0.3, -0.25) is 9.52 Å². The van der Waals surface area contributed by atoms with Gasteiger partial charge in [-0.05, 0) is 65.7 Å². The van der Waals surface area contributed by atoms with E-state index < -0.39 is 16.1 Å². The number of carbonyl (C=O) groups excluding carboxylic acids is 1. The lowest BCUT2D eigenvalue weighted by Crippen LogP contribution is -2.32. The van der Waals surface area contributed by atoms with Crippen molar-refractivity contribution in [3.63, 3.8) is 0 Å². The summed E-state index contributed by atoms with van der Waals surface area (Å²) < 4.78 is 44.7. The molecule has 0 fully saturated rings. The minimum absolute atomic E-state index is 0.0304. The zero-order valence-corrected chi connectivity index (χ0v) is 21.5. The van der Waals surface area contributed by atoms with Gasteiger partial charge in [-0.15, -0.1) is 0 Å². The van der Waals surface area contributed by atoms with Crippen molar-refractivity contribution in [1.29, 1.82) is 0 Å². The van der Waals surface area contributed by atoms with Gasteiger partial charge in [0.25, 0.3) is 15.9 Å². The standard InChI is InChI=1S/C28H28N2O6S/c1-4-26(36-23-12-9-19-7-5-6-8-20(19)17-23)28(31)29-21-10-14-24(15-11-21)37(32,33)30-25-16-13-22(34-2)18-27(25)35-3/h5-18,26,30H,4H2,1-3H3,(H,29,31)/t26-/m1/s1. The molecule has 192 valence electrons. The van der Waals surface area contributed by atoms with E-state index in [0.717, 1.165) is 10.8 Å². The number of sulfonamides is 1. The largest absolute Gasteiger partial charge is 0.497 e. The molecule has 1 atom stereocenters. The van der Waals surface area contributed by atoms with E-state index in [4.69, 9.17) is 14.2 Å². The Kier molecular flexibility index (Phi) is 7.83. The van der Waals surface area contributed by atoms with Crippen molar-refractivity contribution in [2.24, 2.45) is 0 Å². The highest BCUT2D eigenvalue weighted by molar-refractivity contribution is 7.92. The minimum Gasteiger partial charge on any atom is -0.497 e. The van der Waals surface area contributed by atoms with Crippen LogP contribution in [0.15, 0.2) is 89.8 Å². The number of amides is 1. The Morgan fingerprint density at radius 3 is 2.22 bits per heavy atom. The highest BCUT2D eigenvalue weighted by Gasteiger charge is 2.20. The Hall–Kier alpha value is -4.24. The first kappa shape index (κ1) is 25.8. The average Bonchev–Trinajstić information content (AvgIpc) is 2.91. The highest BCUT2D eigenvalue weighted by atomic mass is 32.2. The lowest BCUT2D eigenvalue weighted by molar-refractivity contribution is -0.122. The number of nitrogens with one attached hydrogen (secondary N) is 2. The van der Waals surface area contributed by atoms with Crippen molar-refractivity contribution in [1.82, 2.24) is 0 Å². The third-order valence-electron chi connectivity index (χ3n) is 5.75. The number of hydrogen-bond donors (Lipinski definition) is 2. The zero-order chi connectivity index (χ0) is 26.4. The predicted molar refractivity (Wildman–Crippen MR) is 144 cm³/mol. The van der Waals surface area contributed by atoms with Gasteiger partial charge in [0.2, 0.25) is 0 Å². The molecule has 0 heterocycles. The smallest absolute Gasteiger partial charge is 0.265 e. The summed E-state index contributed by atoms with van der Waals surface area (Å²) in [5, 5.41) is 4.90. The Morgan fingerprint density at radius 1 is 0.838 bits per heavy atom. The lowest BCUT2D eigenvalue weighted by atomic mass is 10.1. The summed E-state index contributed by atoms with van der Waals surface area (Å²) in [6, 6.07) is 24.3. The number of fused-ring (bicyclic) bond motifs is 1. The third kappa shape index (κ3) is 6.13. The summed E-state index contributed by atoms with van der Waals surface area (Å²) in [7, 11) is -0.946. The molecule has 4 rings (SSSR count). The van der Waals surface area contributed by atoms with Crippen LogP contribution < -0.4 is 24.2 Å². The Balaban J connectivity index is 1.43. The average molecular weight is 521 g/mol. The van der Waals surface area contributed by atoms with Gasteiger partial charge in [-0.25, -0.2) is 8.42 Å². The topological polar surface area (TPSA) is 103 Å². The van der Waals surface area contributed by atoms with Crippen molar-refractivity contribution < 1.29 is 27.4 Å². The van der Waals surface area contributed by atoms with Crippen LogP contribution in [0.1, 0.15) is 13.3 Å². The number of ether oxygens (including phenoxy) is 3. The first-order valence-electron chi connectivity index (χ1n) is 11.6. The van der Waals surface area contributed by atoms with Gasteiger partial charge < -0.3 is 19.5 Å². The summed E-state index contributed by atoms with van der Waals surface area (Å²) in [4.78, 5) is 12.9. The molecule has 4 aromatic rings. The van der Waals surface area contributed by atoms with Crippen molar-refractivity contribution >= 4 is 38.1 Å². The number of methoxy groups -OCH3 is 2. The van der Waals surface area contributed by atoms with E-state index in [1.165, 1.54) is 38.5 Å². The van der Waals surface area contributed by atoms with Gasteiger partial charge in [-0.1, -0.05) is 37.3 Å². The van der Waals surface area contributed by atoms with Gasteiger partial charge in [-0.2, -0.15) is 0 Å². The molecule has 0 aliphatic rings. The summed E-state index contributed by atoms with van der Waals surface area (Å²) in [6.07, 6.45) is -0.257. The van der Waals surface area contributed by atoms with Crippen LogP contribution in [0.4, 0.5) is 11.4 Å². The van der Waals surface area contributed by atoms with E-state index in [1.54, 1.807) is 18.2 Å². The monoisotopic (exact) mass is 520 g/mol. The Morgan fingerprint density at radius 2 is 1.54 bits per heavy atom. The van der Waals surface area contributed by atoms with Crippen LogP contribution in [0.2, 0.25) is 0 Å². The molecule has 2 N–H and O–H groups in total. The van der Waals surface area contributed by atoms with Crippen LogP contribution in [-0.4, -0.2) is 34.6 Å². The van der Waals surface area contributed by atoms with Crippen LogP contribution in [0.5, 0.6) is 17.2 Å². The second-order valence-corrected chi connectivity index (χ2v) is 9.89. The van der Waals surface area contributed by atoms with Gasteiger partial charge in [0.1, 0.15) is 17.2 Å². The van der Waals surface area contributed by atoms with Crippen molar-refractivity contribution in [3.05, 3.63) is 84.9 Å². The molecule has 4 aromatic carbocycles. The molecule has 1 amide bonds. The second-order valence-electron chi connectivity index (χ2n) is 8.21. The fourth-order valence-corrected chi connectivity index (χ4v) is 4.82. The maximum Gasteiger partial charge on any atom is 0.265 e. The molecule has 0 radical (unpaired) electrons. The van der Waals surface area contributed by atoms with E-state index in [0.29, 0.717) is 29.4 Å². The summed E-state index contributed by atoms with van der Waals surface area (Å²) in [6.45, 7) is 1.86. The molecule has 0 saturated heterocycles. The van der Waals surface area contributed by atoms with E-state index in [-0.39, 0.29) is 16.5 Å². The van der Waals surface area contributed by atoms with E-state index in [9.17, 15) is 13.2 Å². The quantitative estimate of drug-likeness (QED) is 0.288. The third-order valence-corrected chi connectivity index (χ3v) is 7.13. The molecule has 0 aromatic heterocycles. The first-order valence-corrected chi connectivity index (χ1v) is 13.1. The fourth-order valence-electron chi connectivity index (χ4n) is 3.75. The highest BCUT2D eigenvalue weighted by Crippen LogP contribution is 2.31. The van der Waals surface area contributed by atoms with E-state index in [2.05, 4.69) is 10.0 Å². The van der Waals surface area contributed by atoms with Crippen LogP contribution in [0, 0.1) is 0 Å². The van der Waals surface area contributed by atoms with Crippen molar-refractivity contribution in [3.8, 4) is 17.2 Å². The van der Waals surface area contributed by atoms with Crippen LogP contribution in [-0.2, 0) is 14.8 Å². The molecule has 0 bridgehead atoms. The van der Waals surface area contributed by atoms with Crippen LogP contribution in [0.3, 0.4) is 0 Å². The lowest BCUT2D eigenvalue weighted by Gasteiger charge is -2.18. The normalized spacial score (nSPS) is 12.0. The summed E-state index contributed by atoms with van der Waals surface area (Å²) in [5.41, 5.74) is 0.726. The van der Waals surface area contributed by atoms with Crippen LogP contribution >= 0.6 is 0 Å². The number of carbonyl (C=O) groups is 1. The SMILES string of the molecule is CC[C@@H](Oc1ccc2ccccc2c1)C(=O)Nc1ccc(S(=O)(=O)Nc2ccc(OC)cc2OC)cc1. The van der Waals surface area contributed by atoms with Crippen LogP contribution in [0.25, 0.3) is 10.8 Å². The second kappa shape index (κ2) is 11.2. The molecule has 9 heteroatoms. The maximum absolute atomic E-state index is 12.9. The molecule has 37 heavy (non-hydrogen) atoms. The molecular formula is C28H28N2O6S. The molecule has 0 aliphatic heterocycles. The molecule has 0 spiro atoms. The predicted octanol–water partition coefficient (Wildman–Crippen LogP) is 5.45. The molecular weight excluding hydrogens is 492 g/mol. The fraction of sp³-hybridized carbons (Fsp3) is 0.179. The first-order chi connectivity index (χ1) is 17.8. The zero-order valence-electron chi connectivity index (χ0n) is 20.7. The molecule has 8 nitrogen and oxygen atoms in total. The number of anilines is 2. The molecule has 0 aliphatic carbocycles. The Bertz CT molecular complexity index is 1500. The van der Waals surface area contributed by atoms with Gasteiger partial charge in [0, 0.05) is 11.8 Å². The number of benzene rings is 4. The van der Waals surface area contributed by atoms with Crippen molar-refractivity contribution in [2.75, 3.05) is 24.3 Å². The molecule has 0 saturated carbocycles. The van der Waals surface area contributed by atoms with E-state index >= 15 is 0 Å². The maximum atomic E-state index is 12.9. The number of rotatable bonds is 10. The Labute approximate surface area is 216 Å². The minimum atomic E-state index is -3.90. The van der Waals surface area contributed by atoms with Gasteiger partial charge in [0.15, 0.2) is 6.10 Å². The van der Waals surface area contributed by atoms with Gasteiger partial charge >= 0.3 is 0 Å². The summed E-state index contributed by atoms with van der Waals surface area (Å²) in [5.74, 6) is 1.13. The van der Waals surface area contributed by atoms with Gasteiger partial charge in [0.05, 0.1) is 24.8 Å². The molecule has 0 unspecified atom stereocenters. The van der Waals surface area contributed by atoms with Crippen molar-refractivity contribution in [2.45, 2.75) is 24.3 Å².